The van der Waals surface area contributed by atoms with Gasteiger partial charge in [-0.05, 0) is 21.7 Å². The molecule has 5 heteroatoms. The molecule has 0 N–H and O–H groups in total. The maximum Gasteiger partial charge on any atom is -1.00 e. The largest absolute Gasteiger partial charge is 1.00 e. The fraction of sp³-hybridized carbons (Fsp3) is 0.444. The van der Waals surface area contributed by atoms with Gasteiger partial charge in [-0.3, -0.25) is 6.08 Å². The van der Waals surface area contributed by atoms with Crippen LogP contribution in [0.25, 0.3) is 21.5 Å². The van der Waals surface area contributed by atoms with E-state index in [2.05, 4.69) is 159 Å². The molecule has 318 valence electrons. The van der Waals surface area contributed by atoms with Crippen molar-refractivity contribution in [3.05, 3.63) is 146 Å². The normalized spacial score (nSPS) is 14.4. The average Bonchev–Trinajstić information content (AvgIpc) is 3.71. The van der Waals surface area contributed by atoms with Gasteiger partial charge in [0.25, 0.3) is 0 Å². The third-order valence-electron chi connectivity index (χ3n) is 10.8. The van der Waals surface area contributed by atoms with Crippen LogP contribution < -0.4 is 24.8 Å². The van der Waals surface area contributed by atoms with Crippen molar-refractivity contribution in [1.29, 1.82) is 0 Å². The van der Waals surface area contributed by atoms with Crippen molar-refractivity contribution in [3.8, 4) is 0 Å². The van der Waals surface area contributed by atoms with Crippen LogP contribution >= 0.6 is 23.2 Å². The maximum atomic E-state index is 5.86. The molecule has 0 nitrogen and oxygen atoms in total. The average molecular weight is 950 g/mol. The molecule has 6 rings (SSSR count). The molecule has 0 fully saturated rings. The number of allylic oxidation sites excluding steroid dienone is 4. The number of hydrogen-bond donors (Lipinski definition) is 0. The molecule has 0 aliphatic heterocycles. The van der Waals surface area contributed by atoms with Crippen LogP contribution in [0.15, 0.2) is 96.6 Å². The van der Waals surface area contributed by atoms with Gasteiger partial charge in [0.05, 0.1) is 0 Å². The van der Waals surface area contributed by atoms with E-state index >= 15 is 0 Å². The van der Waals surface area contributed by atoms with Crippen LogP contribution in [0.5, 0.6) is 0 Å². The Morgan fingerprint density at radius 3 is 1.19 bits per heavy atom. The van der Waals surface area contributed by atoms with Crippen molar-refractivity contribution < 1.29 is 49.0 Å². The summed E-state index contributed by atoms with van der Waals surface area (Å²) in [5.41, 5.74) is 10.6. The first-order valence-electron chi connectivity index (χ1n) is 20.8. The molecule has 0 heterocycles. The summed E-state index contributed by atoms with van der Waals surface area (Å²) < 4.78 is 1.31. The summed E-state index contributed by atoms with van der Waals surface area (Å²) in [5.74, 6) is 0.587. The molecule has 0 bridgehead atoms. The Bertz CT molecular complexity index is 2100. The molecule has 0 saturated carbocycles. The minimum Gasteiger partial charge on any atom is -1.00 e. The Balaban J connectivity index is 0.000000337. The number of hydrogen-bond acceptors (Lipinski definition) is 0. The number of halogens is 4. The molecule has 5 aromatic rings. The minimum absolute atomic E-state index is 0. The standard InChI is InChI=1S/C29H41.C13H8Cl2.C12H19.2ClH.Zr/c1-26(2,3)22-14-18-13-19-15-23(27(4,5)6)25(29(10,11)12)17-21(19)20(18)16-24(22)28(7,8)9;14-12-5-1-10(2-6-12)9-11-3-7-13(15)8-4-11;1-5-6-10-7-8-11(9-10)12(2,3)4;;;/h13-17H,1-12H3;1-8H;8-10H,5-6H2,1-4H3;2*1H;/q-1;;-1;;;+2/p-2. The molecule has 0 amide bonds. The summed E-state index contributed by atoms with van der Waals surface area (Å²) >= 11 is 13.1. The van der Waals surface area contributed by atoms with Crippen molar-refractivity contribution in [2.45, 2.75) is 145 Å². The van der Waals surface area contributed by atoms with Crippen LogP contribution in [0.3, 0.4) is 0 Å². The molecule has 0 radical (unpaired) electrons. The summed E-state index contributed by atoms with van der Waals surface area (Å²) in [7, 11) is 0. The van der Waals surface area contributed by atoms with E-state index in [4.69, 9.17) is 23.2 Å². The van der Waals surface area contributed by atoms with Gasteiger partial charge in [0.1, 0.15) is 0 Å². The second-order valence-electron chi connectivity index (χ2n) is 21.1. The third-order valence-corrected chi connectivity index (χ3v) is 12.7. The number of benzene rings is 4. The fourth-order valence-electron chi connectivity index (χ4n) is 7.44. The van der Waals surface area contributed by atoms with Crippen LogP contribution in [0.2, 0.25) is 10.0 Å². The minimum atomic E-state index is 0. The Morgan fingerprint density at radius 1 is 0.559 bits per heavy atom. The third kappa shape index (κ3) is 14.1. The first kappa shape index (κ1) is 53.3. The fourth-order valence-corrected chi connectivity index (χ4v) is 8.51. The van der Waals surface area contributed by atoms with E-state index in [9.17, 15) is 0 Å². The molecule has 1 aliphatic rings. The van der Waals surface area contributed by atoms with E-state index in [-0.39, 0.29) is 46.5 Å². The Morgan fingerprint density at radius 2 is 0.898 bits per heavy atom. The van der Waals surface area contributed by atoms with Gasteiger partial charge in [-0.2, -0.15) is 11.6 Å². The van der Waals surface area contributed by atoms with Crippen molar-refractivity contribution in [2.24, 2.45) is 11.3 Å². The summed E-state index contributed by atoms with van der Waals surface area (Å²) in [6.45, 7) is 37.0. The quantitative estimate of drug-likeness (QED) is 0.158. The van der Waals surface area contributed by atoms with Crippen molar-refractivity contribution in [3.63, 3.8) is 0 Å². The predicted molar refractivity (Wildman–Crippen MR) is 252 cm³/mol. The molecule has 1 atom stereocenters. The zero-order valence-corrected chi connectivity index (χ0v) is 44.1. The number of rotatable bonds is 4. The van der Waals surface area contributed by atoms with Crippen molar-refractivity contribution in [2.75, 3.05) is 0 Å². The monoisotopic (exact) mass is 946 g/mol. The molecule has 1 unspecified atom stereocenters. The van der Waals surface area contributed by atoms with Crippen molar-refractivity contribution in [1.82, 2.24) is 0 Å². The van der Waals surface area contributed by atoms with Gasteiger partial charge in [-0.25, -0.2) is 6.08 Å². The van der Waals surface area contributed by atoms with Crippen LogP contribution in [-0.4, -0.2) is 3.21 Å². The summed E-state index contributed by atoms with van der Waals surface area (Å²) in [6.07, 6.45) is 10.4. The van der Waals surface area contributed by atoms with Crippen molar-refractivity contribution >= 4 is 48.0 Å². The molecule has 0 aromatic heterocycles. The van der Waals surface area contributed by atoms with Gasteiger partial charge in [0.15, 0.2) is 0 Å². The molecular formula is C54H68Cl4Zr-2. The molecule has 0 saturated heterocycles. The van der Waals surface area contributed by atoms with E-state index in [1.165, 1.54) is 101 Å². The second-order valence-corrected chi connectivity index (χ2v) is 23.2. The molecular weight excluding hydrogens is 882 g/mol. The summed E-state index contributed by atoms with van der Waals surface area (Å²) in [6, 6.07) is 28.1. The van der Waals surface area contributed by atoms with Gasteiger partial charge in [0, 0.05) is 0 Å². The van der Waals surface area contributed by atoms with Gasteiger partial charge in [0.2, 0.25) is 0 Å². The van der Waals surface area contributed by atoms with Crippen LogP contribution in [0.1, 0.15) is 157 Å². The number of fused-ring (bicyclic) bond motifs is 3. The SMILES string of the molecule is CC(C)(C)c1cc2[cH-]c3cc(C(C)(C)C)c(C(C)(C)C)cc3c2cc1C(C)(C)C.CCCC1[C-]=CC(C(C)(C)C)=C1.Clc1ccc([C](=[Zr+2])c2ccc(Cl)cc2)cc1.[Cl-].[Cl-]. The maximum absolute atomic E-state index is 5.86. The topological polar surface area (TPSA) is 0 Å². The van der Waals surface area contributed by atoms with Gasteiger partial charge < -0.3 is 24.8 Å². The van der Waals surface area contributed by atoms with E-state index in [0.717, 1.165) is 10.0 Å². The summed E-state index contributed by atoms with van der Waals surface area (Å²) in [4.78, 5) is 0. The summed E-state index contributed by atoms with van der Waals surface area (Å²) in [5, 5.41) is 7.10. The molecule has 0 spiro atoms. The van der Waals surface area contributed by atoms with Crippen LogP contribution in [0.4, 0.5) is 0 Å². The Kier molecular flexibility index (Phi) is 18.6. The van der Waals surface area contributed by atoms with E-state index in [0.29, 0.717) is 11.3 Å². The van der Waals surface area contributed by atoms with E-state index < -0.39 is 0 Å². The Hall–Kier alpha value is -1.86. The Labute approximate surface area is 396 Å². The van der Waals surface area contributed by atoms with Crippen LogP contribution in [-0.2, 0) is 45.9 Å². The van der Waals surface area contributed by atoms with E-state index in [1.54, 1.807) is 0 Å². The van der Waals surface area contributed by atoms with Gasteiger partial charge in [-0.15, -0.1) is 39.7 Å². The molecule has 59 heavy (non-hydrogen) atoms. The second kappa shape index (κ2) is 20.6. The molecule has 5 aromatic carbocycles. The first-order valence-corrected chi connectivity index (χ1v) is 22.7. The van der Waals surface area contributed by atoms with E-state index in [1.807, 2.05) is 48.5 Å². The van der Waals surface area contributed by atoms with Gasteiger partial charge >= 0.3 is 120 Å². The molecule has 1 aliphatic carbocycles. The smallest absolute Gasteiger partial charge is 1.00 e. The zero-order valence-electron chi connectivity index (χ0n) is 38.7. The zero-order chi connectivity index (χ0) is 42.9. The predicted octanol–water partition coefficient (Wildman–Crippen LogP) is 10.8. The van der Waals surface area contributed by atoms with Crippen LogP contribution in [0, 0.1) is 17.4 Å². The van der Waals surface area contributed by atoms with Gasteiger partial charge in [-0.1, -0.05) is 169 Å². The first-order chi connectivity index (χ1) is 26.1.